The number of aromatic nitrogens is 1. The maximum atomic E-state index is 13.1. The molecule has 1 fully saturated rings. The van der Waals surface area contributed by atoms with Crippen molar-refractivity contribution in [3.8, 4) is 0 Å². The molecule has 7 nitrogen and oxygen atoms in total. The molecule has 1 aromatic heterocycles. The number of aliphatic hydroxyl groups is 2. The number of cyclic esters (lactones) is 1. The Morgan fingerprint density at radius 1 is 1.18 bits per heavy atom. The van der Waals surface area contributed by atoms with Crippen molar-refractivity contribution in [2.75, 3.05) is 0 Å². The third-order valence-corrected chi connectivity index (χ3v) is 7.70. The van der Waals surface area contributed by atoms with Gasteiger partial charge in [0.1, 0.15) is 17.7 Å². The lowest BCUT2D eigenvalue weighted by molar-refractivity contribution is -0.154. The van der Waals surface area contributed by atoms with Crippen molar-refractivity contribution < 1.29 is 29.3 Å². The molecule has 5 atom stereocenters. The first-order valence-electron chi connectivity index (χ1n) is 12.0. The number of hydrogen-bond acceptors (Lipinski definition) is 8. The van der Waals surface area contributed by atoms with Gasteiger partial charge in [-0.05, 0) is 44.3 Å². The minimum atomic E-state index is -1.29. The van der Waals surface area contributed by atoms with Crippen molar-refractivity contribution in [2.24, 2.45) is 17.3 Å². The number of esters is 1. The van der Waals surface area contributed by atoms with Gasteiger partial charge in [0.2, 0.25) is 0 Å². The molecule has 190 valence electrons. The number of hydrogen-bond donors (Lipinski definition) is 2. The van der Waals surface area contributed by atoms with E-state index in [2.05, 4.69) is 4.98 Å². The number of ether oxygens (including phenoxy) is 1. The number of rotatable bonds is 2. The van der Waals surface area contributed by atoms with Crippen LogP contribution in [0.2, 0.25) is 0 Å². The van der Waals surface area contributed by atoms with Crippen LogP contribution in [0.4, 0.5) is 0 Å². The molecule has 1 aliphatic rings. The zero-order valence-electron chi connectivity index (χ0n) is 21.2. The van der Waals surface area contributed by atoms with Crippen molar-refractivity contribution in [2.45, 2.75) is 98.4 Å². The molecule has 2 rings (SSSR count). The summed E-state index contributed by atoms with van der Waals surface area (Å²) in [5.74, 6) is -1.79. The summed E-state index contributed by atoms with van der Waals surface area (Å²) in [6.07, 6.45) is 1.01. The molecule has 0 amide bonds. The van der Waals surface area contributed by atoms with E-state index in [4.69, 9.17) is 4.74 Å². The van der Waals surface area contributed by atoms with E-state index in [1.165, 1.54) is 11.3 Å². The van der Waals surface area contributed by atoms with Gasteiger partial charge in [-0.3, -0.25) is 14.4 Å². The summed E-state index contributed by atoms with van der Waals surface area (Å²) in [5.41, 5.74) is 0.192. The Bertz CT molecular complexity index is 905. The summed E-state index contributed by atoms with van der Waals surface area (Å²) in [7, 11) is 0. The Hall–Kier alpha value is -1.90. The molecular weight excluding hydrogens is 454 g/mol. The van der Waals surface area contributed by atoms with Crippen LogP contribution in [-0.2, 0) is 19.1 Å². The molecule has 8 heteroatoms. The molecule has 0 saturated carbocycles. The molecule has 0 aromatic carbocycles. The molecule has 34 heavy (non-hydrogen) atoms. The fourth-order valence-corrected chi connectivity index (χ4v) is 4.93. The highest BCUT2D eigenvalue weighted by atomic mass is 32.1. The second-order valence-corrected chi connectivity index (χ2v) is 11.3. The minimum absolute atomic E-state index is 0.00951. The average Bonchev–Trinajstić information content (AvgIpc) is 3.17. The van der Waals surface area contributed by atoms with Crippen LogP contribution in [0.3, 0.4) is 0 Å². The number of thiazole rings is 1. The molecule has 0 spiro atoms. The Balaban J connectivity index is 2.29. The van der Waals surface area contributed by atoms with E-state index in [0.717, 1.165) is 17.1 Å². The maximum absolute atomic E-state index is 13.1. The molecule has 1 saturated heterocycles. The summed E-state index contributed by atoms with van der Waals surface area (Å²) in [4.78, 5) is 43.0. The number of aryl methyl sites for hydroxylation is 1. The van der Waals surface area contributed by atoms with Gasteiger partial charge in [-0.1, -0.05) is 34.1 Å². The predicted octanol–water partition coefficient (Wildman–Crippen LogP) is 4.28. The van der Waals surface area contributed by atoms with Crippen LogP contribution in [0.15, 0.2) is 11.0 Å². The highest BCUT2D eigenvalue weighted by Crippen LogP contribution is 2.32. The quantitative estimate of drug-likeness (QED) is 0.591. The highest BCUT2D eigenvalue weighted by Gasteiger charge is 2.42. The molecule has 1 aliphatic heterocycles. The van der Waals surface area contributed by atoms with E-state index >= 15 is 0 Å². The van der Waals surface area contributed by atoms with Crippen LogP contribution in [-0.4, -0.2) is 51.0 Å². The second kappa shape index (κ2) is 12.2. The van der Waals surface area contributed by atoms with E-state index in [-0.39, 0.29) is 30.3 Å². The van der Waals surface area contributed by atoms with Crippen LogP contribution in [0.1, 0.15) is 83.8 Å². The van der Waals surface area contributed by atoms with E-state index in [1.54, 1.807) is 27.7 Å². The average molecular weight is 494 g/mol. The fraction of sp³-hybridized carbons (Fsp3) is 0.692. The van der Waals surface area contributed by atoms with Crippen LogP contribution in [0, 0.1) is 24.2 Å². The zero-order valence-corrected chi connectivity index (χ0v) is 22.0. The molecule has 2 heterocycles. The van der Waals surface area contributed by atoms with E-state index in [9.17, 15) is 24.6 Å². The van der Waals surface area contributed by atoms with Gasteiger partial charge in [-0.2, -0.15) is 0 Å². The van der Waals surface area contributed by atoms with Gasteiger partial charge in [-0.25, -0.2) is 4.98 Å². The smallest absolute Gasteiger partial charge is 0.309 e. The number of carbonyl (C=O) groups is 3. The lowest BCUT2D eigenvalue weighted by Crippen LogP contribution is -2.45. The molecule has 1 aromatic rings. The minimum Gasteiger partial charge on any atom is -0.457 e. The lowest BCUT2D eigenvalue weighted by atomic mass is 9.73. The molecule has 0 radical (unpaired) electrons. The predicted molar refractivity (Wildman–Crippen MR) is 132 cm³/mol. The maximum Gasteiger partial charge on any atom is 0.309 e. The summed E-state index contributed by atoms with van der Waals surface area (Å²) < 4.78 is 5.65. The van der Waals surface area contributed by atoms with Crippen molar-refractivity contribution >= 4 is 34.9 Å². The summed E-state index contributed by atoms with van der Waals surface area (Å²) in [5, 5.41) is 24.3. The van der Waals surface area contributed by atoms with Crippen LogP contribution in [0.5, 0.6) is 0 Å². The van der Waals surface area contributed by atoms with Gasteiger partial charge in [0.25, 0.3) is 0 Å². The van der Waals surface area contributed by atoms with Gasteiger partial charge >= 0.3 is 5.97 Å². The lowest BCUT2D eigenvalue weighted by Gasteiger charge is -2.34. The number of ketones is 2. The number of nitrogens with zero attached hydrogens (tertiary/aromatic N) is 1. The SMILES string of the molecule is C/C(=C\c1csc(C)n1)C1CC(=O)CCCCC(C)C(O)C(C)C(=O)C(C)(C)C(O)CC(=O)O1. The summed E-state index contributed by atoms with van der Waals surface area (Å²) >= 11 is 1.51. The van der Waals surface area contributed by atoms with Crippen molar-refractivity contribution in [1.82, 2.24) is 4.98 Å². The topological polar surface area (TPSA) is 114 Å². The molecule has 0 aliphatic carbocycles. The van der Waals surface area contributed by atoms with Gasteiger partial charge in [0.05, 0.1) is 34.7 Å². The normalized spacial score (nSPS) is 30.8. The first-order chi connectivity index (χ1) is 15.8. The van der Waals surface area contributed by atoms with Crippen molar-refractivity contribution in [3.05, 3.63) is 21.7 Å². The molecule has 0 bridgehead atoms. The first-order valence-corrected chi connectivity index (χ1v) is 12.9. The van der Waals surface area contributed by atoms with Gasteiger partial charge in [-0.15, -0.1) is 11.3 Å². The number of Topliss-reactive ketones (excluding diaryl/α,β-unsaturated/α-hetero) is 2. The molecular formula is C26H39NO6S. The van der Waals surface area contributed by atoms with Crippen LogP contribution < -0.4 is 0 Å². The molecule has 5 unspecified atom stereocenters. The Morgan fingerprint density at radius 2 is 1.85 bits per heavy atom. The summed E-state index contributed by atoms with van der Waals surface area (Å²) in [6.45, 7) is 10.4. The zero-order chi connectivity index (χ0) is 25.6. The second-order valence-electron chi connectivity index (χ2n) is 10.2. The Morgan fingerprint density at radius 3 is 2.47 bits per heavy atom. The third-order valence-electron chi connectivity index (χ3n) is 6.91. The summed E-state index contributed by atoms with van der Waals surface area (Å²) in [6, 6.07) is 0. The van der Waals surface area contributed by atoms with E-state index in [0.29, 0.717) is 24.8 Å². The van der Waals surface area contributed by atoms with Crippen molar-refractivity contribution in [1.29, 1.82) is 0 Å². The van der Waals surface area contributed by atoms with Crippen molar-refractivity contribution in [3.63, 3.8) is 0 Å². The van der Waals surface area contributed by atoms with Crippen LogP contribution in [0.25, 0.3) is 6.08 Å². The monoisotopic (exact) mass is 493 g/mol. The standard InChI is InChI=1S/C26H39NO6S/c1-15-9-7-8-10-20(28)12-21(16(2)11-19-14-34-18(4)27-19)33-23(30)13-22(29)26(5,6)25(32)17(3)24(15)31/h11,14-15,17,21-22,24,29,31H,7-10,12-13H2,1-6H3/b16-11+. The first kappa shape index (κ1) is 28.3. The highest BCUT2D eigenvalue weighted by molar-refractivity contribution is 7.09. The van der Waals surface area contributed by atoms with Gasteiger partial charge in [0, 0.05) is 24.1 Å². The van der Waals surface area contributed by atoms with E-state index in [1.807, 2.05) is 25.3 Å². The van der Waals surface area contributed by atoms with Gasteiger partial charge in [0.15, 0.2) is 0 Å². The largest absolute Gasteiger partial charge is 0.457 e. The van der Waals surface area contributed by atoms with E-state index < -0.39 is 35.6 Å². The Labute approximate surface area is 206 Å². The number of aliphatic hydroxyl groups excluding tert-OH is 2. The van der Waals surface area contributed by atoms with Crippen LogP contribution >= 0.6 is 11.3 Å². The fourth-order valence-electron chi connectivity index (χ4n) is 4.36. The third kappa shape index (κ3) is 7.55. The number of carbonyl (C=O) groups excluding carboxylic acids is 3. The van der Waals surface area contributed by atoms with Gasteiger partial charge < -0.3 is 14.9 Å². The Kier molecular flexibility index (Phi) is 10.2. The molecule has 2 N–H and O–H groups in total.